The Morgan fingerprint density at radius 1 is 1.30 bits per heavy atom. The van der Waals surface area contributed by atoms with Crippen molar-refractivity contribution >= 4 is 11.9 Å². The molecule has 0 unspecified atom stereocenters. The Morgan fingerprint density at radius 3 is 2.81 bits per heavy atom. The van der Waals surface area contributed by atoms with E-state index in [4.69, 9.17) is 10.3 Å². The van der Waals surface area contributed by atoms with Crippen molar-refractivity contribution in [3.05, 3.63) is 58.6 Å². The number of aryl methyl sites for hydroxylation is 2. The van der Waals surface area contributed by atoms with Crippen LogP contribution in [0.3, 0.4) is 0 Å². The molecule has 0 fully saturated rings. The molecule has 0 saturated heterocycles. The summed E-state index contributed by atoms with van der Waals surface area (Å²) in [6.45, 7) is 6.28. The molecule has 4 rings (SSSR count). The predicted octanol–water partition coefficient (Wildman–Crippen LogP) is 2.98. The first-order chi connectivity index (χ1) is 12.9. The lowest BCUT2D eigenvalue weighted by atomic mass is 10.0. The molecule has 0 aliphatic carbocycles. The van der Waals surface area contributed by atoms with Crippen molar-refractivity contribution in [2.75, 3.05) is 5.73 Å². The van der Waals surface area contributed by atoms with Gasteiger partial charge in [-0.2, -0.15) is 0 Å². The molecule has 0 bridgehead atoms. The van der Waals surface area contributed by atoms with E-state index in [1.165, 1.54) is 0 Å². The van der Waals surface area contributed by atoms with Gasteiger partial charge < -0.3 is 15.2 Å². The lowest BCUT2D eigenvalue weighted by molar-refractivity contribution is -0.132. The smallest absolute Gasteiger partial charge is 0.231 e. The molecule has 7 heteroatoms. The SMILES string of the molecule is Cc1cccc(-c2nc(N)nc3c2CN(C(=O)Cc2cc(C)no2)[C@@H]3C)c1. The van der Waals surface area contributed by atoms with Gasteiger partial charge in [-0.1, -0.05) is 28.9 Å². The number of anilines is 1. The Kier molecular flexibility index (Phi) is 4.14. The highest BCUT2D eigenvalue weighted by Gasteiger charge is 2.35. The van der Waals surface area contributed by atoms with Gasteiger partial charge in [0.2, 0.25) is 11.9 Å². The number of carbonyl (C=O) groups excluding carboxylic acids is 1. The number of rotatable bonds is 3. The summed E-state index contributed by atoms with van der Waals surface area (Å²) in [5.41, 5.74) is 11.4. The van der Waals surface area contributed by atoms with E-state index in [1.54, 1.807) is 11.0 Å². The predicted molar refractivity (Wildman–Crippen MR) is 101 cm³/mol. The standard InChI is InChI=1S/C20H21N5O2/c1-11-5-4-6-14(7-11)19-16-10-25(13(3)18(16)22-20(21)23-19)17(26)9-15-8-12(2)24-27-15/h4-8,13H,9-10H2,1-3H3,(H2,21,22,23)/t13-/m1/s1. The van der Waals surface area contributed by atoms with Crippen LogP contribution in [0.15, 0.2) is 34.9 Å². The van der Waals surface area contributed by atoms with Crippen molar-refractivity contribution in [3.63, 3.8) is 0 Å². The Balaban J connectivity index is 1.68. The average molecular weight is 363 g/mol. The van der Waals surface area contributed by atoms with Gasteiger partial charge in [-0.05, 0) is 26.8 Å². The van der Waals surface area contributed by atoms with Crippen molar-refractivity contribution in [3.8, 4) is 11.3 Å². The number of benzene rings is 1. The second-order valence-corrected chi connectivity index (χ2v) is 6.97. The van der Waals surface area contributed by atoms with Crippen LogP contribution >= 0.6 is 0 Å². The van der Waals surface area contributed by atoms with Gasteiger partial charge in [-0.15, -0.1) is 0 Å². The molecular weight excluding hydrogens is 342 g/mol. The van der Waals surface area contributed by atoms with Crippen molar-refractivity contribution < 1.29 is 9.32 Å². The largest absolute Gasteiger partial charge is 0.368 e. The zero-order valence-corrected chi connectivity index (χ0v) is 15.6. The van der Waals surface area contributed by atoms with Crippen molar-refractivity contribution in [2.45, 2.75) is 39.8 Å². The summed E-state index contributed by atoms with van der Waals surface area (Å²) in [5.74, 6) is 0.743. The zero-order chi connectivity index (χ0) is 19.1. The number of aromatic nitrogens is 3. The van der Waals surface area contributed by atoms with Gasteiger partial charge in [0.1, 0.15) is 5.76 Å². The molecular formula is C20H21N5O2. The molecule has 1 atom stereocenters. The minimum atomic E-state index is -0.176. The van der Waals surface area contributed by atoms with E-state index >= 15 is 0 Å². The van der Waals surface area contributed by atoms with Crippen LogP contribution in [-0.4, -0.2) is 25.9 Å². The van der Waals surface area contributed by atoms with Crippen molar-refractivity contribution in [2.24, 2.45) is 0 Å². The molecule has 0 saturated carbocycles. The van der Waals surface area contributed by atoms with E-state index in [9.17, 15) is 4.79 Å². The molecule has 2 N–H and O–H groups in total. The van der Waals surface area contributed by atoms with Crippen molar-refractivity contribution in [1.82, 2.24) is 20.0 Å². The fourth-order valence-electron chi connectivity index (χ4n) is 3.56. The van der Waals surface area contributed by atoms with Crippen LogP contribution in [0.1, 0.15) is 41.2 Å². The number of nitrogen functional groups attached to an aromatic ring is 1. The van der Waals surface area contributed by atoms with Crippen LogP contribution in [0.25, 0.3) is 11.3 Å². The maximum Gasteiger partial charge on any atom is 0.231 e. The third-order valence-corrected chi connectivity index (χ3v) is 4.86. The van der Waals surface area contributed by atoms with E-state index in [2.05, 4.69) is 21.2 Å². The summed E-state index contributed by atoms with van der Waals surface area (Å²) in [7, 11) is 0. The third-order valence-electron chi connectivity index (χ3n) is 4.86. The first kappa shape index (κ1) is 17.2. The van der Waals surface area contributed by atoms with Crippen LogP contribution in [-0.2, 0) is 17.8 Å². The van der Waals surface area contributed by atoms with Gasteiger partial charge in [0.25, 0.3) is 0 Å². The fraction of sp³-hybridized carbons (Fsp3) is 0.300. The molecule has 7 nitrogen and oxygen atoms in total. The second-order valence-electron chi connectivity index (χ2n) is 6.97. The molecule has 138 valence electrons. The molecule has 2 aromatic heterocycles. The molecule has 1 amide bonds. The van der Waals surface area contributed by atoms with Crippen molar-refractivity contribution in [1.29, 1.82) is 0 Å². The van der Waals surface area contributed by atoms with Crippen LogP contribution in [0.5, 0.6) is 0 Å². The number of amides is 1. The molecule has 1 aliphatic heterocycles. The third kappa shape index (κ3) is 3.16. The van der Waals surface area contributed by atoms with E-state index in [-0.39, 0.29) is 24.3 Å². The molecule has 0 spiro atoms. The van der Waals surface area contributed by atoms with Gasteiger partial charge in [-0.3, -0.25) is 4.79 Å². The summed E-state index contributed by atoms with van der Waals surface area (Å²) in [4.78, 5) is 23.5. The highest BCUT2D eigenvalue weighted by Crippen LogP contribution is 2.38. The van der Waals surface area contributed by atoms with Gasteiger partial charge in [0.05, 0.1) is 36.1 Å². The van der Waals surface area contributed by atoms with Gasteiger partial charge >= 0.3 is 0 Å². The van der Waals surface area contributed by atoms with E-state index in [1.807, 2.05) is 39.0 Å². The van der Waals surface area contributed by atoms with Crippen LogP contribution in [0.2, 0.25) is 0 Å². The van der Waals surface area contributed by atoms with Crippen LogP contribution in [0, 0.1) is 13.8 Å². The first-order valence-electron chi connectivity index (χ1n) is 8.87. The normalized spacial score (nSPS) is 15.8. The summed E-state index contributed by atoms with van der Waals surface area (Å²) >= 11 is 0. The molecule has 1 aliphatic rings. The maximum absolute atomic E-state index is 12.8. The number of hydrogen-bond donors (Lipinski definition) is 1. The Hall–Kier alpha value is -3.22. The lowest BCUT2D eigenvalue weighted by Crippen LogP contribution is -2.29. The number of nitrogens with zero attached hydrogens (tertiary/aromatic N) is 4. The highest BCUT2D eigenvalue weighted by atomic mass is 16.5. The Bertz CT molecular complexity index is 1030. The zero-order valence-electron chi connectivity index (χ0n) is 15.6. The van der Waals surface area contributed by atoms with Gasteiger partial charge in [0.15, 0.2) is 0 Å². The summed E-state index contributed by atoms with van der Waals surface area (Å²) in [6.07, 6.45) is 0.169. The molecule has 1 aromatic carbocycles. The van der Waals surface area contributed by atoms with Crippen LogP contribution in [0.4, 0.5) is 5.95 Å². The monoisotopic (exact) mass is 363 g/mol. The number of fused-ring (bicyclic) bond motifs is 1. The highest BCUT2D eigenvalue weighted by molar-refractivity contribution is 5.80. The molecule has 3 heterocycles. The Morgan fingerprint density at radius 2 is 2.11 bits per heavy atom. The maximum atomic E-state index is 12.8. The molecule has 0 radical (unpaired) electrons. The summed E-state index contributed by atoms with van der Waals surface area (Å²) in [6, 6.07) is 9.69. The van der Waals surface area contributed by atoms with Gasteiger partial charge in [-0.25, -0.2) is 9.97 Å². The fourth-order valence-corrected chi connectivity index (χ4v) is 3.56. The summed E-state index contributed by atoms with van der Waals surface area (Å²) in [5, 5.41) is 3.84. The average Bonchev–Trinajstić information content (AvgIpc) is 3.18. The van der Waals surface area contributed by atoms with Gasteiger partial charge in [0, 0.05) is 17.2 Å². The summed E-state index contributed by atoms with van der Waals surface area (Å²) < 4.78 is 5.19. The minimum Gasteiger partial charge on any atom is -0.368 e. The number of hydrogen-bond acceptors (Lipinski definition) is 6. The number of nitrogens with two attached hydrogens (primary N) is 1. The Labute approximate surface area is 157 Å². The quantitative estimate of drug-likeness (QED) is 0.768. The molecule has 27 heavy (non-hydrogen) atoms. The van der Waals surface area contributed by atoms with E-state index in [0.717, 1.165) is 33.8 Å². The molecule has 3 aromatic rings. The minimum absolute atomic E-state index is 0.0367. The first-order valence-corrected chi connectivity index (χ1v) is 8.87. The van der Waals surface area contributed by atoms with Crippen LogP contribution < -0.4 is 5.73 Å². The lowest BCUT2D eigenvalue weighted by Gasteiger charge is -2.20. The second kappa shape index (κ2) is 6.50. The van der Waals surface area contributed by atoms with E-state index in [0.29, 0.717) is 12.3 Å². The van der Waals surface area contributed by atoms with E-state index < -0.39 is 0 Å². The number of carbonyl (C=O) groups is 1. The topological polar surface area (TPSA) is 98.1 Å².